The Bertz CT molecular complexity index is 1550. The Morgan fingerprint density at radius 1 is 0.422 bits per heavy atom. The third-order valence-electron chi connectivity index (χ3n) is 4.50. The van der Waals surface area contributed by atoms with Gasteiger partial charge in [-0.1, -0.05) is 103 Å². The van der Waals surface area contributed by atoms with Gasteiger partial charge in [-0.05, 0) is 72.8 Å². The standard InChI is InChI=1S/2C13H8Cl4N4O.Zn/c2*14-7-1-8(15)4-11(3-7)18-20-13(22)21-19-12-5-9(16)2-10(17)6-12;/h2*1-6,18H,(H,20,22);. The molecule has 0 aliphatic carbocycles. The minimum Gasteiger partial charge on any atom is -0.477 e. The van der Waals surface area contributed by atoms with Gasteiger partial charge in [0.05, 0.1) is 22.7 Å². The molecule has 45 heavy (non-hydrogen) atoms. The molecule has 0 radical (unpaired) electrons. The second-order valence-corrected chi connectivity index (χ2v) is 11.5. The molecule has 0 saturated heterocycles. The molecular formula is C26H16Cl8N8O2Zn. The SMILES string of the molecule is O/C(N=Nc1cc(Cl)cc(Cl)c1)=N\Nc1cc(Cl)cc(Cl)c1.O/C(N=Nc1cc(Cl)cc(Cl)c1)=N\Nc1cc(Cl)cc(Cl)c1.[Zn]. The predicted molar refractivity (Wildman–Crippen MR) is 182 cm³/mol. The summed E-state index contributed by atoms with van der Waals surface area (Å²) in [5.74, 6) is 0. The minimum atomic E-state index is -0.591. The summed E-state index contributed by atoms with van der Waals surface area (Å²) in [4.78, 5) is 0. The quantitative estimate of drug-likeness (QED) is 0.0505. The number of nitrogens with one attached hydrogen (secondary N) is 2. The van der Waals surface area contributed by atoms with E-state index in [1.54, 1.807) is 48.5 Å². The topological polar surface area (TPSA) is 139 Å². The van der Waals surface area contributed by atoms with Gasteiger partial charge < -0.3 is 10.2 Å². The first-order valence-corrected chi connectivity index (χ1v) is 14.6. The molecule has 0 unspecified atom stereocenters. The number of hydrogen-bond donors (Lipinski definition) is 4. The van der Waals surface area contributed by atoms with E-state index in [0.29, 0.717) is 62.9 Å². The number of halogens is 8. The molecule has 0 aliphatic rings. The van der Waals surface area contributed by atoms with Crippen molar-refractivity contribution >= 4 is 128 Å². The van der Waals surface area contributed by atoms with Crippen LogP contribution in [-0.2, 0) is 19.5 Å². The van der Waals surface area contributed by atoms with Gasteiger partial charge in [0.1, 0.15) is 0 Å². The molecule has 0 aromatic heterocycles. The van der Waals surface area contributed by atoms with Crippen molar-refractivity contribution in [2.24, 2.45) is 30.7 Å². The summed E-state index contributed by atoms with van der Waals surface area (Å²) in [6.07, 6.45) is 0. The molecular weight excluding hydrogens is 805 g/mol. The van der Waals surface area contributed by atoms with Gasteiger partial charge in [-0.25, -0.2) is 0 Å². The molecule has 4 aromatic rings. The second kappa shape index (κ2) is 19.3. The summed E-state index contributed by atoms with van der Waals surface area (Å²) in [6, 6.07) is 17.5. The van der Waals surface area contributed by atoms with Gasteiger partial charge in [0.15, 0.2) is 0 Å². The van der Waals surface area contributed by atoms with E-state index in [1.165, 1.54) is 24.3 Å². The molecule has 0 heterocycles. The summed E-state index contributed by atoms with van der Waals surface area (Å²) in [5, 5.41) is 44.2. The fourth-order valence-electron chi connectivity index (χ4n) is 2.91. The molecule has 0 atom stereocenters. The van der Waals surface area contributed by atoms with Crippen LogP contribution in [0.25, 0.3) is 0 Å². The van der Waals surface area contributed by atoms with Crippen molar-refractivity contribution in [1.82, 2.24) is 0 Å². The van der Waals surface area contributed by atoms with E-state index in [9.17, 15) is 10.2 Å². The first-order valence-electron chi connectivity index (χ1n) is 11.6. The largest absolute Gasteiger partial charge is 0.477 e. The van der Waals surface area contributed by atoms with Crippen LogP contribution >= 0.6 is 92.8 Å². The predicted octanol–water partition coefficient (Wildman–Crippen LogP) is 12.6. The normalized spacial score (nSPS) is 11.6. The summed E-state index contributed by atoms with van der Waals surface area (Å²) in [6.45, 7) is 0. The molecule has 0 fully saturated rings. The Hall–Kier alpha value is -2.44. The van der Waals surface area contributed by atoms with Gasteiger partial charge >= 0.3 is 12.0 Å². The summed E-state index contributed by atoms with van der Waals surface area (Å²) in [7, 11) is 0. The number of aliphatic hydroxyl groups is 2. The fraction of sp³-hybridized carbons (Fsp3) is 0. The molecule has 0 saturated carbocycles. The maximum Gasteiger partial charge on any atom is 0.350 e. The van der Waals surface area contributed by atoms with Gasteiger partial charge in [-0.2, -0.15) is 0 Å². The zero-order chi connectivity index (χ0) is 32.2. The first-order chi connectivity index (χ1) is 20.8. The van der Waals surface area contributed by atoms with E-state index < -0.39 is 12.0 Å². The van der Waals surface area contributed by atoms with Crippen LogP contribution in [0.4, 0.5) is 22.7 Å². The number of aliphatic hydroxyl groups excluding tert-OH is 2. The Kier molecular flexibility index (Phi) is 16.6. The number of benzene rings is 4. The van der Waals surface area contributed by atoms with E-state index >= 15 is 0 Å². The number of amidine groups is 2. The summed E-state index contributed by atoms with van der Waals surface area (Å²) in [5.41, 5.74) is 6.84. The number of anilines is 2. The first kappa shape index (κ1) is 38.7. The van der Waals surface area contributed by atoms with Gasteiger partial charge in [-0.15, -0.1) is 20.4 Å². The molecule has 0 bridgehead atoms. The monoisotopic (exact) mass is 816 g/mol. The Labute approximate surface area is 309 Å². The number of hydrazone groups is 2. The van der Waals surface area contributed by atoms with Crippen LogP contribution in [0.5, 0.6) is 0 Å². The van der Waals surface area contributed by atoms with E-state index in [0.717, 1.165) is 0 Å². The van der Waals surface area contributed by atoms with Crippen LogP contribution in [0.3, 0.4) is 0 Å². The maximum atomic E-state index is 9.54. The van der Waals surface area contributed by atoms with Crippen LogP contribution in [0.15, 0.2) is 103 Å². The fourth-order valence-corrected chi connectivity index (χ4v) is 4.99. The molecule has 0 amide bonds. The van der Waals surface area contributed by atoms with Crippen molar-refractivity contribution in [2.75, 3.05) is 10.9 Å². The van der Waals surface area contributed by atoms with Crippen molar-refractivity contribution < 1.29 is 29.7 Å². The Balaban J connectivity index is 0.000000307. The Morgan fingerprint density at radius 2 is 0.667 bits per heavy atom. The molecule has 4 rings (SSSR count). The van der Waals surface area contributed by atoms with Crippen molar-refractivity contribution in [3.63, 3.8) is 0 Å². The van der Waals surface area contributed by atoms with Crippen LogP contribution in [-0.4, -0.2) is 22.3 Å². The smallest absolute Gasteiger partial charge is 0.350 e. The third kappa shape index (κ3) is 15.1. The molecule has 10 nitrogen and oxygen atoms in total. The molecule has 0 spiro atoms. The van der Waals surface area contributed by atoms with Crippen molar-refractivity contribution in [1.29, 1.82) is 0 Å². The van der Waals surface area contributed by atoms with E-state index in [2.05, 4.69) is 41.5 Å². The molecule has 4 N–H and O–H groups in total. The van der Waals surface area contributed by atoms with E-state index in [4.69, 9.17) is 92.8 Å². The van der Waals surface area contributed by atoms with E-state index in [1.807, 2.05) is 0 Å². The van der Waals surface area contributed by atoms with Crippen molar-refractivity contribution in [3.05, 3.63) is 113 Å². The minimum absolute atomic E-state index is 0. The van der Waals surface area contributed by atoms with Crippen molar-refractivity contribution in [3.8, 4) is 0 Å². The van der Waals surface area contributed by atoms with Gasteiger partial charge in [0.2, 0.25) is 0 Å². The molecule has 4 aromatic carbocycles. The van der Waals surface area contributed by atoms with Crippen LogP contribution < -0.4 is 10.9 Å². The third-order valence-corrected chi connectivity index (χ3v) is 6.25. The van der Waals surface area contributed by atoms with Gasteiger partial charge in [0, 0.05) is 59.7 Å². The number of nitrogens with zero attached hydrogens (tertiary/aromatic N) is 6. The average molecular weight is 821 g/mol. The summed E-state index contributed by atoms with van der Waals surface area (Å²) >= 11 is 46.6. The van der Waals surface area contributed by atoms with Crippen molar-refractivity contribution in [2.45, 2.75) is 0 Å². The maximum absolute atomic E-state index is 9.54. The zero-order valence-electron chi connectivity index (χ0n) is 22.2. The number of rotatable bonds is 6. The Morgan fingerprint density at radius 3 is 0.933 bits per heavy atom. The van der Waals surface area contributed by atoms with Gasteiger partial charge in [-0.3, -0.25) is 10.9 Å². The molecule has 19 heteroatoms. The van der Waals surface area contributed by atoms with E-state index in [-0.39, 0.29) is 19.5 Å². The van der Waals surface area contributed by atoms with Gasteiger partial charge in [0.25, 0.3) is 0 Å². The van der Waals surface area contributed by atoms with Crippen LogP contribution in [0.2, 0.25) is 40.2 Å². The molecule has 230 valence electrons. The second-order valence-electron chi connectivity index (χ2n) is 8.02. The summed E-state index contributed by atoms with van der Waals surface area (Å²) < 4.78 is 0. The number of hydrogen-bond acceptors (Lipinski definition) is 6. The van der Waals surface area contributed by atoms with Crippen LogP contribution in [0, 0.1) is 0 Å². The number of azo groups is 2. The molecule has 0 aliphatic heterocycles. The average Bonchev–Trinajstić information content (AvgIpc) is 2.91. The van der Waals surface area contributed by atoms with Crippen LogP contribution in [0.1, 0.15) is 0 Å². The zero-order valence-corrected chi connectivity index (χ0v) is 31.3.